The van der Waals surface area contributed by atoms with Crippen LogP contribution in [0.5, 0.6) is 0 Å². The van der Waals surface area contributed by atoms with Gasteiger partial charge in [0.05, 0.1) is 0 Å². The second kappa shape index (κ2) is 4.43. The Morgan fingerprint density at radius 2 is 2.21 bits per heavy atom. The van der Waals surface area contributed by atoms with Gasteiger partial charge in [-0.15, -0.1) is 16.4 Å². The number of nitrogens with zero attached hydrogens (tertiary/aromatic N) is 4. The zero-order valence-corrected chi connectivity index (χ0v) is 10.9. The zero-order chi connectivity index (χ0) is 13.4. The molecule has 0 radical (unpaired) electrons. The molecule has 2 heterocycles. The van der Waals surface area contributed by atoms with Gasteiger partial charge in [-0.1, -0.05) is 18.2 Å². The molecule has 7 heteroatoms. The Morgan fingerprint density at radius 1 is 1.42 bits per heavy atom. The van der Waals surface area contributed by atoms with Crippen molar-refractivity contribution in [3.8, 4) is 11.4 Å². The number of fused-ring (bicyclic) bond motifs is 1. The Balaban J connectivity index is 2.22. The van der Waals surface area contributed by atoms with E-state index in [2.05, 4.69) is 15.5 Å². The van der Waals surface area contributed by atoms with Gasteiger partial charge >= 0.3 is 5.97 Å². The fourth-order valence-corrected chi connectivity index (χ4v) is 3.12. The highest BCUT2D eigenvalue weighted by molar-refractivity contribution is 7.19. The summed E-state index contributed by atoms with van der Waals surface area (Å²) in [5.41, 5.74) is 0.909. The monoisotopic (exact) mass is 274 g/mol. The summed E-state index contributed by atoms with van der Waals surface area (Å²) in [5.74, 6) is -0.469. The molecule has 0 saturated heterocycles. The zero-order valence-electron chi connectivity index (χ0n) is 10.1. The molecule has 0 fully saturated rings. The van der Waals surface area contributed by atoms with Gasteiger partial charge in [-0.2, -0.15) is 0 Å². The number of thiophene rings is 1. The van der Waals surface area contributed by atoms with E-state index in [1.165, 1.54) is 4.68 Å². The van der Waals surface area contributed by atoms with Crippen LogP contribution in [0.4, 0.5) is 0 Å². The highest BCUT2D eigenvalue weighted by Gasteiger charge is 2.18. The number of aromatic nitrogens is 4. The molecule has 1 aromatic carbocycles. The molecule has 0 aliphatic heterocycles. The molecule has 6 nitrogen and oxygen atoms in total. The van der Waals surface area contributed by atoms with Crippen LogP contribution in [0.2, 0.25) is 0 Å². The van der Waals surface area contributed by atoms with Gasteiger partial charge < -0.3 is 5.11 Å². The summed E-state index contributed by atoms with van der Waals surface area (Å²) < 4.78 is 2.45. The van der Waals surface area contributed by atoms with Crippen molar-refractivity contribution >= 4 is 27.4 Å². The number of carboxylic acid groups (broad SMARTS) is 1. The first kappa shape index (κ1) is 11.8. The summed E-state index contributed by atoms with van der Waals surface area (Å²) >= 11 is 1.65. The number of benzene rings is 1. The van der Waals surface area contributed by atoms with Crippen LogP contribution in [-0.2, 0) is 11.3 Å². The summed E-state index contributed by atoms with van der Waals surface area (Å²) in [6.45, 7) is 1.74. The van der Waals surface area contributed by atoms with Crippen LogP contribution < -0.4 is 0 Å². The van der Waals surface area contributed by atoms with Crippen LogP contribution in [0.1, 0.15) is 4.88 Å². The smallest absolute Gasteiger partial charge is 0.325 e. The molecule has 1 N–H and O–H groups in total. The Labute approximate surface area is 112 Å². The van der Waals surface area contributed by atoms with E-state index < -0.39 is 5.97 Å². The van der Waals surface area contributed by atoms with Crippen molar-refractivity contribution in [2.24, 2.45) is 0 Å². The van der Waals surface area contributed by atoms with E-state index in [9.17, 15) is 4.79 Å². The number of aryl methyl sites for hydroxylation is 1. The van der Waals surface area contributed by atoms with Gasteiger partial charge in [0, 0.05) is 20.5 Å². The van der Waals surface area contributed by atoms with E-state index >= 15 is 0 Å². The van der Waals surface area contributed by atoms with Crippen LogP contribution in [0.15, 0.2) is 24.3 Å². The number of hydrogen-bond donors (Lipinski definition) is 1. The number of hydrogen-bond acceptors (Lipinski definition) is 5. The van der Waals surface area contributed by atoms with Crippen molar-refractivity contribution in [1.29, 1.82) is 0 Å². The molecule has 0 atom stereocenters. The molecule has 2 aromatic heterocycles. The molecule has 0 unspecified atom stereocenters. The third-order valence-corrected chi connectivity index (χ3v) is 3.90. The summed E-state index contributed by atoms with van der Waals surface area (Å²) in [5, 5.41) is 21.2. The molecule has 19 heavy (non-hydrogen) atoms. The minimum absolute atomic E-state index is 0.244. The first-order valence-corrected chi connectivity index (χ1v) is 6.45. The Hall–Kier alpha value is -2.28. The minimum atomic E-state index is -0.967. The number of tetrazole rings is 1. The molecule has 3 rings (SSSR count). The van der Waals surface area contributed by atoms with Gasteiger partial charge in [-0.05, 0) is 23.4 Å². The summed E-state index contributed by atoms with van der Waals surface area (Å²) in [6.07, 6.45) is 0. The topological polar surface area (TPSA) is 80.9 Å². The quantitative estimate of drug-likeness (QED) is 0.789. The van der Waals surface area contributed by atoms with Crippen molar-refractivity contribution < 1.29 is 9.90 Å². The number of rotatable bonds is 3. The molecule has 0 bridgehead atoms. The van der Waals surface area contributed by atoms with E-state index in [4.69, 9.17) is 5.11 Å². The fourth-order valence-electron chi connectivity index (χ4n) is 2.06. The lowest BCUT2D eigenvalue weighted by atomic mass is 10.1. The van der Waals surface area contributed by atoms with Gasteiger partial charge in [0.2, 0.25) is 0 Å². The average Bonchev–Trinajstić information content (AvgIpc) is 2.91. The molecule has 0 spiro atoms. The first-order chi connectivity index (χ1) is 9.16. The highest BCUT2D eigenvalue weighted by atomic mass is 32.1. The maximum atomic E-state index is 10.8. The maximum absolute atomic E-state index is 10.8. The predicted molar refractivity (Wildman–Crippen MR) is 71.0 cm³/mol. The van der Waals surface area contributed by atoms with Gasteiger partial charge in [-0.25, -0.2) is 4.68 Å². The van der Waals surface area contributed by atoms with Crippen LogP contribution >= 0.6 is 11.3 Å². The predicted octanol–water partition coefficient (Wildman–Crippen LogP) is 1.95. The van der Waals surface area contributed by atoms with Crippen molar-refractivity contribution in [2.75, 3.05) is 0 Å². The second-order valence-electron chi connectivity index (χ2n) is 4.08. The van der Waals surface area contributed by atoms with E-state index in [1.807, 2.05) is 31.2 Å². The maximum Gasteiger partial charge on any atom is 0.325 e. The Morgan fingerprint density at radius 3 is 3.00 bits per heavy atom. The van der Waals surface area contributed by atoms with E-state index in [-0.39, 0.29) is 6.54 Å². The number of aliphatic carboxylic acids is 1. The SMILES string of the molecule is Cc1sc2ccccc2c1-c1nnnn1CC(=O)O. The molecule has 0 aliphatic rings. The van der Waals surface area contributed by atoms with Crippen LogP contribution in [0, 0.1) is 6.92 Å². The minimum Gasteiger partial charge on any atom is -0.480 e. The van der Waals surface area contributed by atoms with Crippen LogP contribution in [-0.4, -0.2) is 31.3 Å². The van der Waals surface area contributed by atoms with Crippen molar-refractivity contribution in [1.82, 2.24) is 20.2 Å². The first-order valence-electron chi connectivity index (χ1n) is 5.63. The molecule has 3 aromatic rings. The summed E-state index contributed by atoms with van der Waals surface area (Å²) in [6, 6.07) is 7.95. The number of carboxylic acids is 1. The lowest BCUT2D eigenvalue weighted by Crippen LogP contribution is -2.11. The van der Waals surface area contributed by atoms with Crippen molar-refractivity contribution in [3.05, 3.63) is 29.1 Å². The van der Waals surface area contributed by atoms with E-state index in [1.54, 1.807) is 11.3 Å². The van der Waals surface area contributed by atoms with Gasteiger partial charge in [0.25, 0.3) is 0 Å². The molecule has 0 saturated carbocycles. The van der Waals surface area contributed by atoms with Gasteiger partial charge in [-0.3, -0.25) is 4.79 Å². The van der Waals surface area contributed by atoms with E-state index in [0.29, 0.717) is 5.82 Å². The average molecular weight is 274 g/mol. The number of carbonyl (C=O) groups is 1. The molecule has 0 aliphatic carbocycles. The van der Waals surface area contributed by atoms with Crippen LogP contribution in [0.3, 0.4) is 0 Å². The van der Waals surface area contributed by atoms with Gasteiger partial charge in [0.1, 0.15) is 6.54 Å². The Bertz CT molecular complexity index is 762. The van der Waals surface area contributed by atoms with Crippen molar-refractivity contribution in [3.63, 3.8) is 0 Å². The molecule has 96 valence electrons. The normalized spacial score (nSPS) is 11.0. The second-order valence-corrected chi connectivity index (χ2v) is 5.34. The van der Waals surface area contributed by atoms with Gasteiger partial charge in [0.15, 0.2) is 5.82 Å². The summed E-state index contributed by atoms with van der Waals surface area (Å²) in [7, 11) is 0. The molecular formula is C12H10N4O2S. The third kappa shape index (κ3) is 1.97. The highest BCUT2D eigenvalue weighted by Crippen LogP contribution is 2.36. The standard InChI is InChI=1S/C12H10N4O2S/c1-7-11(8-4-2-3-5-9(8)19-7)12-13-14-15-16(12)6-10(17)18/h2-5H,6H2,1H3,(H,17,18). The lowest BCUT2D eigenvalue weighted by Gasteiger charge is -2.01. The fraction of sp³-hybridized carbons (Fsp3) is 0.167. The van der Waals surface area contributed by atoms with Crippen molar-refractivity contribution in [2.45, 2.75) is 13.5 Å². The molecular weight excluding hydrogens is 264 g/mol. The van der Waals surface area contributed by atoms with Crippen LogP contribution in [0.25, 0.3) is 21.5 Å². The third-order valence-electron chi connectivity index (χ3n) is 2.81. The summed E-state index contributed by atoms with van der Waals surface area (Å²) in [4.78, 5) is 11.9. The molecule has 0 amide bonds. The largest absolute Gasteiger partial charge is 0.480 e. The van der Waals surface area contributed by atoms with E-state index in [0.717, 1.165) is 20.5 Å². The Kier molecular flexibility index (Phi) is 2.75. The lowest BCUT2D eigenvalue weighted by molar-refractivity contribution is -0.137.